The maximum Gasteiger partial charge on any atom is 0.128 e. The largest absolute Gasteiger partial charge is 0.372 e. The van der Waals surface area contributed by atoms with Crippen LogP contribution in [0, 0.1) is 5.82 Å². The molecule has 0 aromatic heterocycles. The molecule has 2 aromatic rings. The van der Waals surface area contributed by atoms with Crippen molar-refractivity contribution in [1.82, 2.24) is 5.32 Å². The van der Waals surface area contributed by atoms with E-state index in [1.54, 1.807) is 12.1 Å². The fourth-order valence-corrected chi connectivity index (χ4v) is 2.26. The van der Waals surface area contributed by atoms with Gasteiger partial charge < -0.3 is 10.1 Å². The molecule has 0 aliphatic carbocycles. The minimum absolute atomic E-state index is 0.214. The van der Waals surface area contributed by atoms with Crippen LogP contribution in [0.1, 0.15) is 29.5 Å². The summed E-state index contributed by atoms with van der Waals surface area (Å²) in [7, 11) is 1.96. The molecule has 0 saturated carbocycles. The van der Waals surface area contributed by atoms with Gasteiger partial charge in [0.25, 0.3) is 0 Å². The zero-order valence-electron chi connectivity index (χ0n) is 12.6. The summed E-state index contributed by atoms with van der Waals surface area (Å²) in [5, 5.41) is 3.18. The van der Waals surface area contributed by atoms with E-state index in [2.05, 4.69) is 36.5 Å². The molecule has 2 aromatic carbocycles. The van der Waals surface area contributed by atoms with Gasteiger partial charge in [-0.3, -0.25) is 0 Å². The fraction of sp³-hybridized carbons (Fsp3) is 0.333. The zero-order valence-corrected chi connectivity index (χ0v) is 12.6. The van der Waals surface area contributed by atoms with Gasteiger partial charge in [0.05, 0.1) is 13.2 Å². The molecule has 0 bridgehead atoms. The van der Waals surface area contributed by atoms with Crippen LogP contribution in [0.5, 0.6) is 0 Å². The first-order valence-corrected chi connectivity index (χ1v) is 7.25. The first-order valence-electron chi connectivity index (χ1n) is 7.25. The lowest BCUT2D eigenvalue weighted by Crippen LogP contribution is -2.14. The van der Waals surface area contributed by atoms with Crippen LogP contribution in [-0.2, 0) is 18.0 Å². The number of hydrogen-bond donors (Lipinski definition) is 1. The van der Waals surface area contributed by atoms with Crippen LogP contribution in [0.3, 0.4) is 0 Å². The van der Waals surface area contributed by atoms with Crippen molar-refractivity contribution in [2.24, 2.45) is 0 Å². The lowest BCUT2D eigenvalue weighted by molar-refractivity contribution is 0.105. The first-order chi connectivity index (χ1) is 10.2. The molecule has 3 heteroatoms. The summed E-state index contributed by atoms with van der Waals surface area (Å²) in [6.45, 7) is 3.95. The monoisotopic (exact) mass is 287 g/mol. The summed E-state index contributed by atoms with van der Waals surface area (Å²) in [4.78, 5) is 0. The van der Waals surface area contributed by atoms with Gasteiger partial charge in [0.15, 0.2) is 0 Å². The maximum atomic E-state index is 13.4. The van der Waals surface area contributed by atoms with Gasteiger partial charge in [-0.25, -0.2) is 4.39 Å². The number of ether oxygens (including phenoxy) is 1. The third-order valence-corrected chi connectivity index (χ3v) is 3.54. The molecule has 0 aliphatic rings. The molecular weight excluding hydrogens is 265 g/mol. The van der Waals surface area contributed by atoms with Crippen LogP contribution in [0.4, 0.5) is 4.39 Å². The summed E-state index contributed by atoms with van der Waals surface area (Å²) in [6.07, 6.45) is 0. The molecule has 0 amide bonds. The molecular formula is C18H22FNO. The van der Waals surface area contributed by atoms with Crippen LogP contribution in [0.2, 0.25) is 0 Å². The SMILES string of the molecule is CNCC(C)c1ccc(COCc2ccccc2F)cc1. The number of likely N-dealkylation sites (N-methyl/N-ethyl adjacent to an activating group) is 1. The number of rotatable bonds is 7. The fourth-order valence-electron chi connectivity index (χ4n) is 2.26. The Morgan fingerprint density at radius 3 is 2.43 bits per heavy atom. The minimum atomic E-state index is -0.214. The Hall–Kier alpha value is -1.71. The van der Waals surface area contributed by atoms with Crippen LogP contribution in [0.15, 0.2) is 48.5 Å². The van der Waals surface area contributed by atoms with Crippen LogP contribution < -0.4 is 5.32 Å². The molecule has 2 nitrogen and oxygen atoms in total. The number of benzene rings is 2. The third-order valence-electron chi connectivity index (χ3n) is 3.54. The van der Waals surface area contributed by atoms with E-state index in [1.807, 2.05) is 13.1 Å². The predicted octanol–water partition coefficient (Wildman–Crippen LogP) is 3.87. The van der Waals surface area contributed by atoms with Crippen molar-refractivity contribution in [2.45, 2.75) is 26.1 Å². The lowest BCUT2D eigenvalue weighted by atomic mass is 10.00. The van der Waals surface area contributed by atoms with Crippen LogP contribution >= 0.6 is 0 Å². The van der Waals surface area contributed by atoms with E-state index in [0.29, 0.717) is 24.7 Å². The second-order valence-electron chi connectivity index (χ2n) is 5.28. The van der Waals surface area contributed by atoms with Gasteiger partial charge in [-0.1, -0.05) is 49.4 Å². The van der Waals surface area contributed by atoms with Gasteiger partial charge >= 0.3 is 0 Å². The van der Waals surface area contributed by atoms with E-state index in [4.69, 9.17) is 4.74 Å². The molecule has 0 spiro atoms. The normalized spacial score (nSPS) is 12.3. The smallest absolute Gasteiger partial charge is 0.128 e. The maximum absolute atomic E-state index is 13.4. The summed E-state index contributed by atoms with van der Waals surface area (Å²) in [5.74, 6) is 0.275. The summed E-state index contributed by atoms with van der Waals surface area (Å²) in [5.41, 5.74) is 3.01. The first kappa shape index (κ1) is 15.7. The Morgan fingerprint density at radius 2 is 1.76 bits per heavy atom. The molecule has 112 valence electrons. The molecule has 0 radical (unpaired) electrons. The quantitative estimate of drug-likeness (QED) is 0.835. The van der Waals surface area contributed by atoms with Crippen molar-refractivity contribution >= 4 is 0 Å². The van der Waals surface area contributed by atoms with Crippen LogP contribution in [-0.4, -0.2) is 13.6 Å². The predicted molar refractivity (Wildman–Crippen MR) is 83.7 cm³/mol. The molecule has 0 saturated heterocycles. The van der Waals surface area contributed by atoms with E-state index in [0.717, 1.165) is 12.1 Å². The van der Waals surface area contributed by atoms with Crippen molar-refractivity contribution in [3.05, 3.63) is 71.0 Å². The van der Waals surface area contributed by atoms with Gasteiger partial charge in [0.2, 0.25) is 0 Å². The molecule has 0 heterocycles. The number of nitrogens with one attached hydrogen (secondary N) is 1. The Kier molecular flexibility index (Phi) is 5.90. The lowest BCUT2D eigenvalue weighted by Gasteiger charge is -2.12. The minimum Gasteiger partial charge on any atom is -0.372 e. The van der Waals surface area contributed by atoms with E-state index in [-0.39, 0.29) is 5.82 Å². The molecule has 2 rings (SSSR count). The van der Waals surface area contributed by atoms with Gasteiger partial charge in [0, 0.05) is 12.1 Å². The van der Waals surface area contributed by atoms with E-state index in [1.165, 1.54) is 11.6 Å². The van der Waals surface area contributed by atoms with E-state index in [9.17, 15) is 4.39 Å². The highest BCUT2D eigenvalue weighted by atomic mass is 19.1. The summed E-state index contributed by atoms with van der Waals surface area (Å²) < 4.78 is 19.0. The highest BCUT2D eigenvalue weighted by molar-refractivity contribution is 5.25. The number of halogens is 1. The third kappa shape index (κ3) is 4.66. The van der Waals surface area contributed by atoms with Crippen molar-refractivity contribution < 1.29 is 9.13 Å². The van der Waals surface area contributed by atoms with Crippen molar-refractivity contribution in [2.75, 3.05) is 13.6 Å². The van der Waals surface area contributed by atoms with Crippen molar-refractivity contribution in [3.8, 4) is 0 Å². The molecule has 0 aliphatic heterocycles. The molecule has 1 unspecified atom stereocenters. The van der Waals surface area contributed by atoms with E-state index < -0.39 is 0 Å². The van der Waals surface area contributed by atoms with Crippen LogP contribution in [0.25, 0.3) is 0 Å². The summed E-state index contributed by atoms with van der Waals surface area (Å²) in [6, 6.07) is 15.1. The Morgan fingerprint density at radius 1 is 1.05 bits per heavy atom. The summed E-state index contributed by atoms with van der Waals surface area (Å²) >= 11 is 0. The number of hydrogen-bond acceptors (Lipinski definition) is 2. The Bertz CT molecular complexity index is 553. The standard InChI is InChI=1S/C18H22FNO/c1-14(11-20-2)16-9-7-15(8-10-16)12-21-13-17-5-3-4-6-18(17)19/h3-10,14,20H,11-13H2,1-2H3. The zero-order chi connectivity index (χ0) is 15.1. The Balaban J connectivity index is 1.85. The highest BCUT2D eigenvalue weighted by Gasteiger charge is 2.04. The van der Waals surface area contributed by atoms with Crippen molar-refractivity contribution in [3.63, 3.8) is 0 Å². The molecule has 21 heavy (non-hydrogen) atoms. The van der Waals surface area contributed by atoms with Gasteiger partial charge in [-0.2, -0.15) is 0 Å². The Labute approximate surface area is 126 Å². The van der Waals surface area contributed by atoms with Gasteiger partial charge in [-0.05, 0) is 30.2 Å². The highest BCUT2D eigenvalue weighted by Crippen LogP contribution is 2.16. The molecule has 1 N–H and O–H groups in total. The molecule has 0 fully saturated rings. The van der Waals surface area contributed by atoms with Gasteiger partial charge in [0.1, 0.15) is 5.82 Å². The second kappa shape index (κ2) is 7.91. The average molecular weight is 287 g/mol. The topological polar surface area (TPSA) is 21.3 Å². The molecule has 1 atom stereocenters. The second-order valence-corrected chi connectivity index (χ2v) is 5.28. The van der Waals surface area contributed by atoms with E-state index >= 15 is 0 Å². The average Bonchev–Trinajstić information content (AvgIpc) is 2.50. The van der Waals surface area contributed by atoms with Crippen molar-refractivity contribution in [1.29, 1.82) is 0 Å². The van der Waals surface area contributed by atoms with Gasteiger partial charge in [-0.15, -0.1) is 0 Å².